The van der Waals surface area contributed by atoms with E-state index in [1.807, 2.05) is 0 Å². The average Bonchev–Trinajstić information content (AvgIpc) is 2.29. The van der Waals surface area contributed by atoms with Crippen molar-refractivity contribution >= 4 is 17.7 Å². The predicted octanol–water partition coefficient (Wildman–Crippen LogP) is 0.996. The van der Waals surface area contributed by atoms with E-state index in [9.17, 15) is 4.79 Å². The normalized spacial score (nSPS) is 10.8. The number of rotatable bonds is 11. The highest BCUT2D eigenvalue weighted by Gasteiger charge is 2.00. The van der Waals surface area contributed by atoms with Crippen molar-refractivity contribution in [3.05, 3.63) is 0 Å². The number of aliphatic hydroxyl groups excluding tert-OH is 1. The minimum atomic E-state index is 0.137. The summed E-state index contributed by atoms with van der Waals surface area (Å²) in [6.45, 7) is 6.08. The summed E-state index contributed by atoms with van der Waals surface area (Å²) in [5.41, 5.74) is 0. The third-order valence-corrected chi connectivity index (χ3v) is 3.22. The molecule has 0 fully saturated rings. The quantitative estimate of drug-likeness (QED) is 0.486. The van der Waals surface area contributed by atoms with Gasteiger partial charge in [-0.3, -0.25) is 4.79 Å². The van der Waals surface area contributed by atoms with Crippen LogP contribution in [0.25, 0.3) is 0 Å². The molecule has 0 radical (unpaired) electrons. The zero-order chi connectivity index (χ0) is 12.9. The molecule has 0 aromatic heterocycles. The highest BCUT2D eigenvalue weighted by molar-refractivity contribution is 7.99. The van der Waals surface area contributed by atoms with Crippen LogP contribution in [0.3, 0.4) is 0 Å². The lowest BCUT2D eigenvalue weighted by Crippen LogP contribution is -2.28. The highest BCUT2D eigenvalue weighted by atomic mass is 32.2. The number of amides is 1. The van der Waals surface area contributed by atoms with E-state index in [1.165, 1.54) is 0 Å². The molecule has 0 saturated heterocycles. The van der Waals surface area contributed by atoms with Gasteiger partial charge >= 0.3 is 0 Å². The molecule has 0 aromatic carbocycles. The fourth-order valence-corrected chi connectivity index (χ4v) is 2.04. The van der Waals surface area contributed by atoms with Crippen molar-refractivity contribution in [2.24, 2.45) is 0 Å². The molecule has 17 heavy (non-hydrogen) atoms. The second kappa shape index (κ2) is 12.2. The van der Waals surface area contributed by atoms with Crippen LogP contribution >= 0.6 is 11.8 Å². The summed E-state index contributed by atoms with van der Waals surface area (Å²) in [4.78, 5) is 11.4. The first-order valence-electron chi connectivity index (χ1n) is 6.35. The van der Waals surface area contributed by atoms with Gasteiger partial charge in [0.2, 0.25) is 5.91 Å². The van der Waals surface area contributed by atoms with Gasteiger partial charge in [-0.25, -0.2) is 0 Å². The number of carbonyl (C=O) groups excluding carboxylic acids is 1. The smallest absolute Gasteiger partial charge is 0.220 e. The number of thioether (sulfide) groups is 1. The summed E-state index contributed by atoms with van der Waals surface area (Å²) < 4.78 is 0. The van der Waals surface area contributed by atoms with Crippen molar-refractivity contribution in [2.75, 3.05) is 31.2 Å². The first kappa shape index (κ1) is 16.7. The molecule has 0 saturated carbocycles. The molecule has 0 rings (SSSR count). The summed E-state index contributed by atoms with van der Waals surface area (Å²) in [5, 5.41) is 14.8. The summed E-state index contributed by atoms with van der Waals surface area (Å²) >= 11 is 1.77. The molecule has 5 heteroatoms. The van der Waals surface area contributed by atoms with Gasteiger partial charge in [-0.1, -0.05) is 13.8 Å². The Morgan fingerprint density at radius 2 is 2.00 bits per heavy atom. The third-order valence-electron chi connectivity index (χ3n) is 2.15. The minimum Gasteiger partial charge on any atom is -0.396 e. The first-order valence-corrected chi connectivity index (χ1v) is 7.51. The molecule has 0 heterocycles. The fraction of sp³-hybridized carbons (Fsp3) is 0.917. The van der Waals surface area contributed by atoms with Crippen LogP contribution in [0.2, 0.25) is 0 Å². The molecule has 0 aliphatic rings. The molecule has 0 bridgehead atoms. The van der Waals surface area contributed by atoms with Gasteiger partial charge < -0.3 is 15.7 Å². The lowest BCUT2D eigenvalue weighted by atomic mass is 10.3. The van der Waals surface area contributed by atoms with E-state index in [-0.39, 0.29) is 12.5 Å². The standard InChI is InChI=1S/C12H26N2O2S/c1-11(2)13-6-3-5-12(16)14-7-10-17-9-4-8-15/h11,13,15H,3-10H2,1-2H3,(H,14,16). The van der Waals surface area contributed by atoms with Gasteiger partial charge in [0.15, 0.2) is 0 Å². The summed E-state index contributed by atoms with van der Waals surface area (Å²) in [6.07, 6.45) is 2.32. The number of hydrogen-bond acceptors (Lipinski definition) is 4. The van der Waals surface area contributed by atoms with E-state index in [1.54, 1.807) is 11.8 Å². The van der Waals surface area contributed by atoms with E-state index in [0.29, 0.717) is 12.5 Å². The van der Waals surface area contributed by atoms with Crippen LogP contribution in [-0.4, -0.2) is 48.3 Å². The second-order valence-corrected chi connectivity index (χ2v) is 5.48. The SMILES string of the molecule is CC(C)NCCCC(=O)NCCSCCCO. The zero-order valence-corrected chi connectivity index (χ0v) is 11.8. The van der Waals surface area contributed by atoms with Gasteiger partial charge in [0, 0.05) is 31.4 Å². The Morgan fingerprint density at radius 1 is 1.24 bits per heavy atom. The minimum absolute atomic E-state index is 0.137. The molecule has 0 aromatic rings. The van der Waals surface area contributed by atoms with Gasteiger partial charge in [-0.15, -0.1) is 0 Å². The zero-order valence-electron chi connectivity index (χ0n) is 11.0. The predicted molar refractivity (Wildman–Crippen MR) is 74.4 cm³/mol. The molecule has 102 valence electrons. The summed E-state index contributed by atoms with van der Waals surface area (Å²) in [7, 11) is 0. The Hall–Kier alpha value is -0.260. The van der Waals surface area contributed by atoms with E-state index in [4.69, 9.17) is 5.11 Å². The molecular weight excluding hydrogens is 236 g/mol. The topological polar surface area (TPSA) is 61.4 Å². The maximum Gasteiger partial charge on any atom is 0.220 e. The number of aliphatic hydroxyl groups is 1. The maximum atomic E-state index is 11.4. The number of carbonyl (C=O) groups is 1. The van der Waals surface area contributed by atoms with Gasteiger partial charge in [0.05, 0.1) is 0 Å². The van der Waals surface area contributed by atoms with Crippen LogP contribution < -0.4 is 10.6 Å². The first-order chi connectivity index (χ1) is 8.16. The highest BCUT2D eigenvalue weighted by Crippen LogP contribution is 2.00. The van der Waals surface area contributed by atoms with Crippen molar-refractivity contribution < 1.29 is 9.90 Å². The Labute approximate surface area is 109 Å². The molecule has 0 unspecified atom stereocenters. The van der Waals surface area contributed by atoms with E-state index in [0.717, 1.165) is 37.4 Å². The maximum absolute atomic E-state index is 11.4. The van der Waals surface area contributed by atoms with Gasteiger partial charge in [0.25, 0.3) is 0 Å². The Bertz CT molecular complexity index is 189. The van der Waals surface area contributed by atoms with Crippen LogP contribution in [0, 0.1) is 0 Å². The van der Waals surface area contributed by atoms with Crippen molar-refractivity contribution in [3.8, 4) is 0 Å². The molecule has 0 atom stereocenters. The summed E-state index contributed by atoms with van der Waals surface area (Å²) in [5.74, 6) is 2.03. The lowest BCUT2D eigenvalue weighted by Gasteiger charge is -2.08. The van der Waals surface area contributed by atoms with Crippen molar-refractivity contribution in [1.82, 2.24) is 10.6 Å². The molecule has 3 N–H and O–H groups in total. The Balaban J connectivity index is 3.18. The molecule has 1 amide bonds. The van der Waals surface area contributed by atoms with Crippen LogP contribution in [0.5, 0.6) is 0 Å². The van der Waals surface area contributed by atoms with Crippen LogP contribution in [0.4, 0.5) is 0 Å². The van der Waals surface area contributed by atoms with Crippen molar-refractivity contribution in [1.29, 1.82) is 0 Å². The number of nitrogens with one attached hydrogen (secondary N) is 2. The average molecular weight is 262 g/mol. The lowest BCUT2D eigenvalue weighted by molar-refractivity contribution is -0.121. The monoisotopic (exact) mass is 262 g/mol. The third kappa shape index (κ3) is 13.7. The number of hydrogen-bond donors (Lipinski definition) is 3. The second-order valence-electron chi connectivity index (χ2n) is 4.25. The fourth-order valence-electron chi connectivity index (χ4n) is 1.26. The van der Waals surface area contributed by atoms with Gasteiger partial charge in [0.1, 0.15) is 0 Å². The van der Waals surface area contributed by atoms with Crippen LogP contribution in [-0.2, 0) is 4.79 Å². The summed E-state index contributed by atoms with van der Waals surface area (Å²) in [6, 6.07) is 0.487. The van der Waals surface area contributed by atoms with E-state index in [2.05, 4.69) is 24.5 Å². The Kier molecular flexibility index (Phi) is 12.0. The van der Waals surface area contributed by atoms with Crippen molar-refractivity contribution in [2.45, 2.75) is 39.2 Å². The molecule has 4 nitrogen and oxygen atoms in total. The van der Waals surface area contributed by atoms with Gasteiger partial charge in [-0.2, -0.15) is 11.8 Å². The van der Waals surface area contributed by atoms with Crippen LogP contribution in [0.15, 0.2) is 0 Å². The molecule has 0 aliphatic carbocycles. The van der Waals surface area contributed by atoms with Crippen LogP contribution in [0.1, 0.15) is 33.1 Å². The molecule has 0 aliphatic heterocycles. The van der Waals surface area contributed by atoms with E-state index >= 15 is 0 Å². The molecule has 0 spiro atoms. The van der Waals surface area contributed by atoms with E-state index < -0.39 is 0 Å². The van der Waals surface area contributed by atoms with Gasteiger partial charge in [-0.05, 0) is 25.1 Å². The largest absolute Gasteiger partial charge is 0.396 e. The van der Waals surface area contributed by atoms with Crippen molar-refractivity contribution in [3.63, 3.8) is 0 Å². The Morgan fingerprint density at radius 3 is 2.65 bits per heavy atom. The molecular formula is C12H26N2O2S.